The van der Waals surface area contributed by atoms with Crippen LogP contribution in [-0.2, 0) is 9.47 Å². The highest BCUT2D eigenvalue weighted by Crippen LogP contribution is 2.28. The van der Waals surface area contributed by atoms with Gasteiger partial charge in [-0.15, -0.1) is 0 Å². The predicted octanol–water partition coefficient (Wildman–Crippen LogP) is 2.52. The second-order valence-electron chi connectivity index (χ2n) is 3.97. The number of esters is 1. The van der Waals surface area contributed by atoms with Crippen LogP contribution in [0.4, 0.5) is 0 Å². The van der Waals surface area contributed by atoms with E-state index in [-0.39, 0.29) is 5.97 Å². The summed E-state index contributed by atoms with van der Waals surface area (Å²) >= 11 is 3.38. The molecule has 0 spiro atoms. The monoisotopic (exact) mass is 299 g/mol. The zero-order chi connectivity index (χ0) is 12.3. The number of methoxy groups -OCH3 is 1. The van der Waals surface area contributed by atoms with Crippen molar-refractivity contribution in [3.05, 3.63) is 28.0 Å². The number of carbonyl (C=O) groups excluding carboxylic acids is 1. The Morgan fingerprint density at radius 1 is 1.53 bits per heavy atom. The topological polar surface area (TPSA) is 48.4 Å². The van der Waals surface area contributed by atoms with Gasteiger partial charge in [0.25, 0.3) is 0 Å². The van der Waals surface area contributed by atoms with Crippen molar-refractivity contribution in [2.75, 3.05) is 20.3 Å². The van der Waals surface area contributed by atoms with Crippen molar-refractivity contribution in [1.29, 1.82) is 0 Å². The summed E-state index contributed by atoms with van der Waals surface area (Å²) in [4.78, 5) is 15.8. The zero-order valence-corrected chi connectivity index (χ0v) is 11.2. The van der Waals surface area contributed by atoms with Crippen molar-refractivity contribution >= 4 is 21.9 Å². The molecule has 2 rings (SSSR count). The molecular weight excluding hydrogens is 286 g/mol. The normalized spacial score (nSPS) is 16.8. The van der Waals surface area contributed by atoms with Gasteiger partial charge in [-0.05, 0) is 34.8 Å². The molecule has 0 radical (unpaired) electrons. The quantitative estimate of drug-likeness (QED) is 0.788. The van der Waals surface area contributed by atoms with Crippen molar-refractivity contribution in [3.8, 4) is 0 Å². The number of pyridine rings is 1. The maximum atomic E-state index is 11.4. The molecule has 0 unspecified atom stereocenters. The first-order chi connectivity index (χ1) is 8.22. The van der Waals surface area contributed by atoms with E-state index in [4.69, 9.17) is 4.74 Å². The fourth-order valence-electron chi connectivity index (χ4n) is 1.92. The van der Waals surface area contributed by atoms with E-state index >= 15 is 0 Å². The molecule has 2 heterocycles. The van der Waals surface area contributed by atoms with Crippen LogP contribution in [0.3, 0.4) is 0 Å². The molecule has 1 fully saturated rings. The lowest BCUT2D eigenvalue weighted by atomic mass is 9.96. The van der Waals surface area contributed by atoms with Crippen molar-refractivity contribution in [2.45, 2.75) is 18.8 Å². The summed E-state index contributed by atoms with van der Waals surface area (Å²) in [7, 11) is 1.36. The molecule has 0 amide bonds. The Morgan fingerprint density at radius 3 is 2.82 bits per heavy atom. The summed E-state index contributed by atoms with van der Waals surface area (Å²) < 4.78 is 10.7. The third-order valence-electron chi connectivity index (χ3n) is 2.92. The third kappa shape index (κ3) is 2.84. The molecule has 0 N–H and O–H groups in total. The Hall–Kier alpha value is -0.940. The Morgan fingerprint density at radius 2 is 2.24 bits per heavy atom. The lowest BCUT2D eigenvalue weighted by molar-refractivity contribution is 0.0598. The molecule has 17 heavy (non-hydrogen) atoms. The number of nitrogens with zero attached hydrogens (tertiary/aromatic N) is 1. The number of halogens is 1. The van der Waals surface area contributed by atoms with Gasteiger partial charge in [0.2, 0.25) is 0 Å². The molecule has 1 aromatic rings. The number of aromatic nitrogens is 1. The average Bonchev–Trinajstić information content (AvgIpc) is 2.39. The van der Waals surface area contributed by atoms with Gasteiger partial charge in [-0.25, -0.2) is 4.79 Å². The average molecular weight is 300 g/mol. The van der Waals surface area contributed by atoms with Gasteiger partial charge in [-0.3, -0.25) is 4.98 Å². The van der Waals surface area contributed by atoms with E-state index in [9.17, 15) is 4.79 Å². The first-order valence-electron chi connectivity index (χ1n) is 5.54. The summed E-state index contributed by atoms with van der Waals surface area (Å²) in [5.74, 6) is 0.0506. The number of hydrogen-bond acceptors (Lipinski definition) is 4. The predicted molar refractivity (Wildman–Crippen MR) is 66.1 cm³/mol. The van der Waals surface area contributed by atoms with Gasteiger partial charge in [0.15, 0.2) is 0 Å². The van der Waals surface area contributed by atoms with E-state index in [2.05, 4.69) is 25.7 Å². The minimum Gasteiger partial charge on any atom is -0.465 e. The van der Waals surface area contributed by atoms with Crippen LogP contribution in [0, 0.1) is 0 Å². The van der Waals surface area contributed by atoms with E-state index in [1.165, 1.54) is 7.11 Å². The van der Waals surface area contributed by atoms with Gasteiger partial charge in [0.05, 0.1) is 12.7 Å². The van der Waals surface area contributed by atoms with Crippen molar-refractivity contribution < 1.29 is 14.3 Å². The Balaban J connectivity index is 2.20. The highest BCUT2D eigenvalue weighted by molar-refractivity contribution is 9.10. The van der Waals surface area contributed by atoms with Crippen LogP contribution in [-0.4, -0.2) is 31.3 Å². The number of carbonyl (C=O) groups is 1. The van der Waals surface area contributed by atoms with Crippen LogP contribution in [0.15, 0.2) is 16.7 Å². The maximum absolute atomic E-state index is 11.4. The molecule has 0 bridgehead atoms. The minimum atomic E-state index is -0.372. The molecule has 0 aliphatic carbocycles. The van der Waals surface area contributed by atoms with Crippen LogP contribution in [0.5, 0.6) is 0 Å². The van der Waals surface area contributed by atoms with Crippen LogP contribution in [0.25, 0.3) is 0 Å². The van der Waals surface area contributed by atoms with Gasteiger partial charge in [-0.1, -0.05) is 0 Å². The van der Waals surface area contributed by atoms with E-state index in [0.717, 1.165) is 36.2 Å². The summed E-state index contributed by atoms with van der Waals surface area (Å²) in [6, 6.07) is 1.90. The van der Waals surface area contributed by atoms with E-state index in [1.807, 2.05) is 6.07 Å². The van der Waals surface area contributed by atoms with E-state index < -0.39 is 0 Å². The van der Waals surface area contributed by atoms with Gasteiger partial charge < -0.3 is 9.47 Å². The van der Waals surface area contributed by atoms with Crippen molar-refractivity contribution in [2.24, 2.45) is 0 Å². The summed E-state index contributed by atoms with van der Waals surface area (Å²) in [6.07, 6.45) is 3.54. The van der Waals surface area contributed by atoms with Gasteiger partial charge in [-0.2, -0.15) is 0 Å². The molecular formula is C12H14BrNO3. The summed E-state index contributed by atoms with van der Waals surface area (Å²) in [5.41, 5.74) is 1.47. The van der Waals surface area contributed by atoms with Crippen molar-refractivity contribution in [1.82, 2.24) is 4.98 Å². The fraction of sp³-hybridized carbons (Fsp3) is 0.500. The number of rotatable bonds is 2. The zero-order valence-electron chi connectivity index (χ0n) is 9.61. The summed E-state index contributed by atoms with van der Waals surface area (Å²) in [6.45, 7) is 1.56. The number of ether oxygens (including phenoxy) is 2. The first kappa shape index (κ1) is 12.5. The van der Waals surface area contributed by atoms with Crippen LogP contribution in [0.2, 0.25) is 0 Å². The standard InChI is InChI=1S/C12H14BrNO3/c1-16-12(15)9-7-14-11(6-10(9)13)8-2-4-17-5-3-8/h6-8H,2-5H2,1H3. The lowest BCUT2D eigenvalue weighted by Crippen LogP contribution is -2.15. The van der Waals surface area contributed by atoms with Crippen LogP contribution >= 0.6 is 15.9 Å². The molecule has 1 aliphatic rings. The second-order valence-corrected chi connectivity index (χ2v) is 4.82. The van der Waals surface area contributed by atoms with Crippen LogP contribution in [0.1, 0.15) is 34.8 Å². The molecule has 1 aliphatic heterocycles. The SMILES string of the molecule is COC(=O)c1cnc(C2CCOCC2)cc1Br. The Bertz CT molecular complexity index is 416. The molecule has 0 aromatic carbocycles. The Labute approximate surface area is 108 Å². The second kappa shape index (κ2) is 5.60. The third-order valence-corrected chi connectivity index (χ3v) is 3.58. The minimum absolute atomic E-state index is 0.372. The molecule has 4 nitrogen and oxygen atoms in total. The highest BCUT2D eigenvalue weighted by atomic mass is 79.9. The molecule has 5 heteroatoms. The molecule has 1 saturated heterocycles. The molecule has 1 aromatic heterocycles. The van der Waals surface area contributed by atoms with E-state index in [0.29, 0.717) is 11.5 Å². The van der Waals surface area contributed by atoms with Gasteiger partial charge >= 0.3 is 5.97 Å². The molecule has 0 atom stereocenters. The van der Waals surface area contributed by atoms with Gasteiger partial charge in [0.1, 0.15) is 0 Å². The Kier molecular flexibility index (Phi) is 4.12. The number of hydrogen-bond donors (Lipinski definition) is 0. The largest absolute Gasteiger partial charge is 0.465 e. The first-order valence-corrected chi connectivity index (χ1v) is 6.33. The highest BCUT2D eigenvalue weighted by Gasteiger charge is 2.19. The van der Waals surface area contributed by atoms with Gasteiger partial charge in [0, 0.05) is 35.5 Å². The maximum Gasteiger partial charge on any atom is 0.340 e. The molecule has 92 valence electrons. The van der Waals surface area contributed by atoms with Crippen LogP contribution < -0.4 is 0 Å². The van der Waals surface area contributed by atoms with Crippen molar-refractivity contribution in [3.63, 3.8) is 0 Å². The molecule has 0 saturated carbocycles. The smallest absolute Gasteiger partial charge is 0.340 e. The van der Waals surface area contributed by atoms with E-state index in [1.54, 1.807) is 6.20 Å². The summed E-state index contributed by atoms with van der Waals surface area (Å²) in [5, 5.41) is 0. The fourth-order valence-corrected chi connectivity index (χ4v) is 2.42. The lowest BCUT2D eigenvalue weighted by Gasteiger charge is -2.21.